The van der Waals surface area contributed by atoms with Crippen molar-refractivity contribution >= 4 is 29.4 Å². The molecule has 0 saturated heterocycles. The molecular formula is C29H35N3O6S. The lowest BCUT2D eigenvalue weighted by molar-refractivity contribution is 0.0471. The zero-order valence-corrected chi connectivity index (χ0v) is 24.2. The zero-order valence-electron chi connectivity index (χ0n) is 23.4. The highest BCUT2D eigenvalue weighted by Gasteiger charge is 2.26. The maximum atomic E-state index is 13.5. The fourth-order valence-electron chi connectivity index (χ4n) is 3.99. The minimum Gasteiger partial charge on any atom is -0.476 e. The Morgan fingerprint density at radius 1 is 1.08 bits per heavy atom. The number of carboxylic acids is 1. The molecule has 2 N–H and O–H groups in total. The number of rotatable bonds is 9. The van der Waals surface area contributed by atoms with E-state index < -0.39 is 23.6 Å². The highest BCUT2D eigenvalue weighted by Crippen LogP contribution is 2.33. The van der Waals surface area contributed by atoms with Crippen LogP contribution in [0, 0.1) is 19.8 Å². The summed E-state index contributed by atoms with van der Waals surface area (Å²) in [5, 5.41) is 13.7. The van der Waals surface area contributed by atoms with Gasteiger partial charge < -0.3 is 19.9 Å². The van der Waals surface area contributed by atoms with Crippen molar-refractivity contribution in [2.24, 2.45) is 5.92 Å². The molecule has 0 bridgehead atoms. The van der Waals surface area contributed by atoms with Crippen molar-refractivity contribution in [3.63, 3.8) is 0 Å². The molecule has 2 heterocycles. The number of aryl methyl sites for hydroxylation is 2. The summed E-state index contributed by atoms with van der Waals surface area (Å²) in [5.74, 6) is -1.49. The number of hydrogen-bond acceptors (Lipinski definition) is 8. The number of benzene rings is 1. The largest absolute Gasteiger partial charge is 0.476 e. The molecule has 10 heteroatoms. The van der Waals surface area contributed by atoms with Gasteiger partial charge in [-0.3, -0.25) is 4.98 Å². The highest BCUT2D eigenvalue weighted by atomic mass is 32.1. The van der Waals surface area contributed by atoms with Crippen LogP contribution in [0.1, 0.15) is 83.0 Å². The van der Waals surface area contributed by atoms with E-state index in [0.717, 1.165) is 28.2 Å². The molecule has 3 aromatic rings. The first-order chi connectivity index (χ1) is 18.2. The van der Waals surface area contributed by atoms with E-state index in [1.807, 2.05) is 31.2 Å². The van der Waals surface area contributed by atoms with Gasteiger partial charge in [0.15, 0.2) is 5.69 Å². The summed E-state index contributed by atoms with van der Waals surface area (Å²) in [7, 11) is 0. The molecule has 2 aromatic heterocycles. The first-order valence-corrected chi connectivity index (χ1v) is 13.5. The minimum atomic E-state index is -1.15. The topological polar surface area (TPSA) is 128 Å². The smallest absolute Gasteiger partial charge is 0.407 e. The van der Waals surface area contributed by atoms with Crippen molar-refractivity contribution in [3.05, 3.63) is 68.4 Å². The van der Waals surface area contributed by atoms with Crippen molar-refractivity contribution in [2.45, 2.75) is 73.6 Å². The molecule has 0 radical (unpaired) electrons. The van der Waals surface area contributed by atoms with Crippen LogP contribution < -0.4 is 5.32 Å². The molecule has 1 aromatic carbocycles. The SMILES string of the molecule is Cc1ccc(-c2c(CNC(=O)OC(C)(C)C)c(CC(C)C)nc(C)c2C(=O)OCc2nc(C(=O)O)cs2)cc1. The molecule has 0 atom stereocenters. The lowest BCUT2D eigenvalue weighted by atomic mass is 9.89. The lowest BCUT2D eigenvalue weighted by Crippen LogP contribution is -2.32. The maximum absolute atomic E-state index is 13.5. The summed E-state index contributed by atoms with van der Waals surface area (Å²) < 4.78 is 11.0. The Hall–Kier alpha value is -3.79. The average Bonchev–Trinajstić information content (AvgIpc) is 3.30. The number of alkyl carbamates (subject to hydrolysis) is 1. The van der Waals surface area contributed by atoms with Crippen LogP contribution >= 0.6 is 11.3 Å². The van der Waals surface area contributed by atoms with E-state index in [1.165, 1.54) is 5.38 Å². The number of nitrogens with zero attached hydrogens (tertiary/aromatic N) is 2. The number of nitrogens with one attached hydrogen (secondary N) is 1. The second-order valence-corrected chi connectivity index (χ2v) is 11.6. The summed E-state index contributed by atoms with van der Waals surface area (Å²) in [4.78, 5) is 46.0. The normalized spacial score (nSPS) is 11.4. The summed E-state index contributed by atoms with van der Waals surface area (Å²) in [6.07, 6.45) is 0.0628. The Kier molecular flexibility index (Phi) is 9.45. The van der Waals surface area contributed by atoms with E-state index in [1.54, 1.807) is 27.7 Å². The van der Waals surface area contributed by atoms with Gasteiger partial charge in [-0.1, -0.05) is 43.7 Å². The standard InChI is InChI=1S/C29H35N3O6S/c1-16(2)12-21-20(13-30-28(36)38-29(5,6)7)25(19-10-8-17(3)9-11-19)24(18(4)31-21)27(35)37-14-23-32-22(15-39-23)26(33)34/h8-11,15-16H,12-14H2,1-7H3,(H,30,36)(H,33,34). The van der Waals surface area contributed by atoms with Gasteiger partial charge in [0.25, 0.3) is 0 Å². The van der Waals surface area contributed by atoms with Gasteiger partial charge in [-0.15, -0.1) is 11.3 Å². The second kappa shape index (κ2) is 12.4. The van der Waals surface area contributed by atoms with Gasteiger partial charge in [0.1, 0.15) is 17.2 Å². The molecule has 0 aliphatic heterocycles. The van der Waals surface area contributed by atoms with Crippen molar-refractivity contribution in [1.29, 1.82) is 0 Å². The van der Waals surface area contributed by atoms with Crippen LogP contribution in [0.25, 0.3) is 11.1 Å². The molecule has 39 heavy (non-hydrogen) atoms. The predicted molar refractivity (Wildman–Crippen MR) is 149 cm³/mol. The number of thiazole rings is 1. The summed E-state index contributed by atoms with van der Waals surface area (Å²) >= 11 is 1.10. The number of carbonyl (C=O) groups is 3. The summed E-state index contributed by atoms with van der Waals surface area (Å²) in [6, 6.07) is 7.76. The monoisotopic (exact) mass is 553 g/mol. The van der Waals surface area contributed by atoms with Crippen LogP contribution in [0.3, 0.4) is 0 Å². The number of esters is 1. The number of carboxylic acid groups (broad SMARTS) is 1. The minimum absolute atomic E-state index is 0.0993. The molecule has 0 saturated carbocycles. The van der Waals surface area contributed by atoms with E-state index in [9.17, 15) is 14.4 Å². The fourth-order valence-corrected chi connectivity index (χ4v) is 4.67. The molecule has 208 valence electrons. The molecule has 0 unspecified atom stereocenters. The Bertz CT molecular complexity index is 1360. The third-order valence-electron chi connectivity index (χ3n) is 5.62. The maximum Gasteiger partial charge on any atom is 0.407 e. The van der Waals surface area contributed by atoms with Gasteiger partial charge in [-0.05, 0) is 52.5 Å². The quantitative estimate of drug-likeness (QED) is 0.304. The average molecular weight is 554 g/mol. The summed E-state index contributed by atoms with van der Waals surface area (Å²) in [6.45, 7) is 13.2. The van der Waals surface area contributed by atoms with Crippen molar-refractivity contribution in [1.82, 2.24) is 15.3 Å². The highest BCUT2D eigenvalue weighted by molar-refractivity contribution is 7.09. The van der Waals surface area contributed by atoms with Crippen LogP contribution in [-0.2, 0) is 29.0 Å². The molecule has 0 aliphatic rings. The van der Waals surface area contributed by atoms with Gasteiger partial charge >= 0.3 is 18.0 Å². The van der Waals surface area contributed by atoms with Gasteiger partial charge in [0.2, 0.25) is 0 Å². The van der Waals surface area contributed by atoms with Crippen LogP contribution in [0.2, 0.25) is 0 Å². The van der Waals surface area contributed by atoms with Gasteiger partial charge in [-0.2, -0.15) is 0 Å². The van der Waals surface area contributed by atoms with Crippen molar-refractivity contribution in [2.75, 3.05) is 0 Å². The van der Waals surface area contributed by atoms with Crippen LogP contribution in [0.5, 0.6) is 0 Å². The van der Waals surface area contributed by atoms with Crippen molar-refractivity contribution in [3.8, 4) is 11.1 Å². The number of pyridine rings is 1. The van der Waals surface area contributed by atoms with Crippen LogP contribution in [-0.4, -0.2) is 38.7 Å². The van der Waals surface area contributed by atoms with E-state index in [0.29, 0.717) is 28.2 Å². The van der Waals surface area contributed by atoms with Gasteiger partial charge in [0, 0.05) is 28.7 Å². The predicted octanol–water partition coefficient (Wildman–Crippen LogP) is 6.10. The van der Waals surface area contributed by atoms with E-state index in [-0.39, 0.29) is 30.3 Å². The second-order valence-electron chi connectivity index (χ2n) is 10.7. The van der Waals surface area contributed by atoms with Gasteiger partial charge in [0.05, 0.1) is 11.3 Å². The van der Waals surface area contributed by atoms with E-state index >= 15 is 0 Å². The third kappa shape index (κ3) is 8.10. The molecule has 3 rings (SSSR count). The molecule has 1 amide bonds. The molecule has 0 aliphatic carbocycles. The zero-order chi connectivity index (χ0) is 28.9. The number of aromatic nitrogens is 2. The van der Waals surface area contributed by atoms with E-state index in [2.05, 4.69) is 24.1 Å². The third-order valence-corrected chi connectivity index (χ3v) is 6.44. The first kappa shape index (κ1) is 29.8. The summed E-state index contributed by atoms with van der Waals surface area (Å²) in [5.41, 5.74) is 3.97. The van der Waals surface area contributed by atoms with E-state index in [4.69, 9.17) is 19.6 Å². The number of hydrogen-bond donors (Lipinski definition) is 2. The Labute approximate surface area is 232 Å². The van der Waals surface area contributed by atoms with Crippen LogP contribution in [0.15, 0.2) is 29.6 Å². The van der Waals surface area contributed by atoms with Crippen LogP contribution in [0.4, 0.5) is 4.79 Å². The Morgan fingerprint density at radius 3 is 2.31 bits per heavy atom. The number of carbonyl (C=O) groups excluding carboxylic acids is 2. The number of ether oxygens (including phenoxy) is 2. The fraction of sp³-hybridized carbons (Fsp3) is 0.414. The van der Waals surface area contributed by atoms with Crippen molar-refractivity contribution < 1.29 is 29.0 Å². The number of amides is 1. The van der Waals surface area contributed by atoms with Gasteiger partial charge in [-0.25, -0.2) is 19.4 Å². The Balaban J connectivity index is 2.09. The molecular weight excluding hydrogens is 518 g/mol. The lowest BCUT2D eigenvalue weighted by Gasteiger charge is -2.23. The first-order valence-electron chi connectivity index (χ1n) is 12.7. The molecule has 0 spiro atoms. The molecule has 9 nitrogen and oxygen atoms in total. The molecule has 0 fully saturated rings. The number of aromatic carboxylic acids is 1. The Morgan fingerprint density at radius 2 is 1.74 bits per heavy atom.